The molecule has 1 aromatic rings. The second kappa shape index (κ2) is 5.76. The summed E-state index contributed by atoms with van der Waals surface area (Å²) in [4.78, 5) is 2.37. The first-order valence-electron chi connectivity index (χ1n) is 5.66. The highest BCUT2D eigenvalue weighted by Gasteiger charge is 2.10. The van der Waals surface area contributed by atoms with Crippen LogP contribution >= 0.6 is 0 Å². The Kier molecular flexibility index (Phi) is 4.63. The van der Waals surface area contributed by atoms with Crippen LogP contribution in [0.25, 0.3) is 0 Å². The second-order valence-corrected chi connectivity index (χ2v) is 4.19. The lowest BCUT2D eigenvalue weighted by Crippen LogP contribution is -2.30. The zero-order valence-electron chi connectivity index (χ0n) is 9.90. The number of para-hydroxylation sites is 1. The van der Waals surface area contributed by atoms with Crippen molar-refractivity contribution in [3.05, 3.63) is 29.8 Å². The summed E-state index contributed by atoms with van der Waals surface area (Å²) in [5.41, 5.74) is 1.01. The van der Waals surface area contributed by atoms with E-state index in [9.17, 15) is 5.11 Å². The minimum absolute atomic E-state index is 0.402. The lowest BCUT2D eigenvalue weighted by molar-refractivity contribution is 0.211. The van der Waals surface area contributed by atoms with Crippen LogP contribution in [0.2, 0.25) is 0 Å². The molecule has 0 fully saturated rings. The average Bonchev–Trinajstić information content (AvgIpc) is 2.20. The van der Waals surface area contributed by atoms with Gasteiger partial charge >= 0.3 is 0 Å². The van der Waals surface area contributed by atoms with Gasteiger partial charge in [0, 0.05) is 18.2 Å². The molecule has 0 aliphatic carbocycles. The highest BCUT2D eigenvalue weighted by Crippen LogP contribution is 2.18. The molecule has 84 valence electrons. The molecule has 2 nitrogen and oxygen atoms in total. The summed E-state index contributed by atoms with van der Waals surface area (Å²) < 4.78 is 0. The van der Waals surface area contributed by atoms with Crippen molar-refractivity contribution in [2.75, 3.05) is 6.54 Å². The van der Waals surface area contributed by atoms with E-state index in [1.165, 1.54) is 0 Å². The molecule has 0 spiro atoms. The molecule has 1 aromatic carbocycles. The minimum atomic E-state index is 0.402. The van der Waals surface area contributed by atoms with Crippen LogP contribution in [0.5, 0.6) is 5.75 Å². The van der Waals surface area contributed by atoms with E-state index in [1.54, 1.807) is 6.07 Å². The van der Waals surface area contributed by atoms with Crippen LogP contribution in [0.15, 0.2) is 24.3 Å². The van der Waals surface area contributed by atoms with Crippen LogP contribution in [0, 0.1) is 0 Å². The van der Waals surface area contributed by atoms with Crippen molar-refractivity contribution in [3.63, 3.8) is 0 Å². The highest BCUT2D eigenvalue weighted by atomic mass is 16.3. The van der Waals surface area contributed by atoms with Crippen molar-refractivity contribution in [3.8, 4) is 5.75 Å². The standard InChI is InChI=1S/C13H21NO/c1-4-9-14(11(2)3)10-12-7-5-6-8-13(12)15/h5-8,11,15H,4,9-10H2,1-3H3. The first kappa shape index (κ1) is 12.1. The van der Waals surface area contributed by atoms with Crippen molar-refractivity contribution in [2.24, 2.45) is 0 Å². The van der Waals surface area contributed by atoms with Crippen molar-refractivity contribution in [2.45, 2.75) is 39.8 Å². The topological polar surface area (TPSA) is 23.5 Å². The number of hydrogen-bond donors (Lipinski definition) is 1. The third kappa shape index (κ3) is 3.56. The minimum Gasteiger partial charge on any atom is -0.508 e. The van der Waals surface area contributed by atoms with Gasteiger partial charge in [-0.25, -0.2) is 0 Å². The third-order valence-corrected chi connectivity index (χ3v) is 2.61. The van der Waals surface area contributed by atoms with Gasteiger partial charge in [-0.2, -0.15) is 0 Å². The predicted octanol–water partition coefficient (Wildman–Crippen LogP) is 3.01. The van der Waals surface area contributed by atoms with Gasteiger partial charge in [0.2, 0.25) is 0 Å². The summed E-state index contributed by atoms with van der Waals surface area (Å²) in [6.45, 7) is 8.47. The second-order valence-electron chi connectivity index (χ2n) is 4.19. The molecule has 0 aliphatic rings. The van der Waals surface area contributed by atoms with E-state index in [-0.39, 0.29) is 0 Å². The summed E-state index contributed by atoms with van der Waals surface area (Å²) in [7, 11) is 0. The first-order chi connectivity index (χ1) is 7.15. The number of hydrogen-bond acceptors (Lipinski definition) is 2. The Balaban J connectivity index is 2.69. The zero-order chi connectivity index (χ0) is 11.3. The van der Waals surface area contributed by atoms with Gasteiger partial charge in [0.05, 0.1) is 0 Å². The summed E-state index contributed by atoms with van der Waals surface area (Å²) in [6.07, 6.45) is 1.14. The molecule has 0 radical (unpaired) electrons. The Hall–Kier alpha value is -1.02. The smallest absolute Gasteiger partial charge is 0.120 e. The van der Waals surface area contributed by atoms with Crippen molar-refractivity contribution >= 4 is 0 Å². The van der Waals surface area contributed by atoms with Crippen molar-refractivity contribution in [1.82, 2.24) is 4.90 Å². The largest absolute Gasteiger partial charge is 0.508 e. The number of rotatable bonds is 5. The van der Waals surface area contributed by atoms with E-state index in [2.05, 4.69) is 25.7 Å². The van der Waals surface area contributed by atoms with Gasteiger partial charge < -0.3 is 5.11 Å². The highest BCUT2D eigenvalue weighted by molar-refractivity contribution is 5.31. The molecular formula is C13H21NO. The van der Waals surface area contributed by atoms with Gasteiger partial charge in [-0.05, 0) is 32.9 Å². The van der Waals surface area contributed by atoms with Crippen molar-refractivity contribution < 1.29 is 5.11 Å². The molecule has 0 atom stereocenters. The number of benzene rings is 1. The molecular weight excluding hydrogens is 186 g/mol. The van der Waals surface area contributed by atoms with Crippen LogP contribution in [-0.4, -0.2) is 22.6 Å². The normalized spacial score (nSPS) is 11.3. The maximum atomic E-state index is 9.68. The number of aromatic hydroxyl groups is 1. The predicted molar refractivity (Wildman–Crippen MR) is 63.9 cm³/mol. The fourth-order valence-electron chi connectivity index (χ4n) is 1.67. The molecule has 0 aromatic heterocycles. The summed E-state index contributed by atoms with van der Waals surface area (Å²) in [5, 5.41) is 9.68. The molecule has 15 heavy (non-hydrogen) atoms. The van der Waals surface area contributed by atoms with Crippen LogP contribution in [-0.2, 0) is 6.54 Å². The fraction of sp³-hybridized carbons (Fsp3) is 0.538. The monoisotopic (exact) mass is 207 g/mol. The average molecular weight is 207 g/mol. The Morgan fingerprint density at radius 1 is 1.27 bits per heavy atom. The van der Waals surface area contributed by atoms with Crippen molar-refractivity contribution in [1.29, 1.82) is 0 Å². The first-order valence-corrected chi connectivity index (χ1v) is 5.66. The fourth-order valence-corrected chi connectivity index (χ4v) is 1.67. The van der Waals surface area contributed by atoms with E-state index in [1.807, 2.05) is 18.2 Å². The Labute approximate surface area is 92.5 Å². The van der Waals surface area contributed by atoms with Crippen LogP contribution in [0.4, 0.5) is 0 Å². The lowest BCUT2D eigenvalue weighted by atomic mass is 10.1. The summed E-state index contributed by atoms with van der Waals surface area (Å²) in [6, 6.07) is 8.09. The van der Waals surface area contributed by atoms with Gasteiger partial charge in [0.15, 0.2) is 0 Å². The van der Waals surface area contributed by atoms with Gasteiger partial charge in [-0.3, -0.25) is 4.90 Å². The van der Waals surface area contributed by atoms with E-state index in [0.717, 1.165) is 25.1 Å². The molecule has 1 N–H and O–H groups in total. The zero-order valence-corrected chi connectivity index (χ0v) is 9.90. The van der Waals surface area contributed by atoms with Crippen LogP contribution in [0.3, 0.4) is 0 Å². The van der Waals surface area contributed by atoms with Gasteiger partial charge in [-0.15, -0.1) is 0 Å². The van der Waals surface area contributed by atoms with E-state index >= 15 is 0 Å². The van der Waals surface area contributed by atoms with Gasteiger partial charge in [0.25, 0.3) is 0 Å². The maximum absolute atomic E-state index is 9.68. The lowest BCUT2D eigenvalue weighted by Gasteiger charge is -2.26. The molecule has 2 heteroatoms. The molecule has 0 bridgehead atoms. The van der Waals surface area contributed by atoms with E-state index in [0.29, 0.717) is 11.8 Å². The number of phenols is 1. The third-order valence-electron chi connectivity index (χ3n) is 2.61. The van der Waals surface area contributed by atoms with E-state index in [4.69, 9.17) is 0 Å². The van der Waals surface area contributed by atoms with E-state index < -0.39 is 0 Å². The molecule has 0 unspecified atom stereocenters. The molecule has 0 saturated carbocycles. The quantitative estimate of drug-likeness (QED) is 0.802. The SMILES string of the molecule is CCCN(Cc1ccccc1O)C(C)C. The summed E-state index contributed by atoms with van der Waals surface area (Å²) >= 11 is 0. The molecule has 0 saturated heterocycles. The Bertz CT molecular complexity index is 296. The summed E-state index contributed by atoms with van der Waals surface area (Å²) in [5.74, 6) is 0.402. The van der Waals surface area contributed by atoms with Crippen LogP contribution < -0.4 is 0 Å². The Morgan fingerprint density at radius 3 is 2.47 bits per heavy atom. The molecule has 0 heterocycles. The van der Waals surface area contributed by atoms with Crippen LogP contribution in [0.1, 0.15) is 32.8 Å². The van der Waals surface area contributed by atoms with Gasteiger partial charge in [-0.1, -0.05) is 25.1 Å². The Morgan fingerprint density at radius 2 is 1.93 bits per heavy atom. The maximum Gasteiger partial charge on any atom is 0.120 e. The molecule has 0 aliphatic heterocycles. The molecule has 0 amide bonds. The number of nitrogens with zero attached hydrogens (tertiary/aromatic N) is 1. The molecule has 1 rings (SSSR count). The number of phenolic OH excluding ortho intramolecular Hbond substituents is 1. The van der Waals surface area contributed by atoms with Gasteiger partial charge in [0.1, 0.15) is 5.75 Å².